The van der Waals surface area contributed by atoms with Crippen LogP contribution in [0, 0.1) is 0 Å². The lowest BCUT2D eigenvalue weighted by atomic mass is 10.1. The Morgan fingerprint density at radius 2 is 1.90 bits per heavy atom. The Bertz CT molecular complexity index is 576. The van der Waals surface area contributed by atoms with Gasteiger partial charge >= 0.3 is 0 Å². The predicted molar refractivity (Wildman–Crippen MR) is 85.4 cm³/mol. The molecule has 1 spiro atoms. The van der Waals surface area contributed by atoms with Crippen LogP contribution in [-0.2, 0) is 20.1 Å². The molecule has 1 saturated heterocycles. The molecule has 0 N–H and O–H groups in total. The van der Waals surface area contributed by atoms with Crippen LogP contribution in [0.5, 0.6) is 0 Å². The molecule has 114 valence electrons. The highest BCUT2D eigenvalue weighted by Crippen LogP contribution is 2.51. The Balaban J connectivity index is 2.14. The summed E-state index contributed by atoms with van der Waals surface area (Å²) in [4.78, 5) is 14.5. The fourth-order valence-electron chi connectivity index (χ4n) is 2.74. The average molecular weight is 395 g/mol. The number of fused-ring (bicyclic) bond motifs is 2. The second-order valence-corrected chi connectivity index (χ2v) is 6.53. The molecule has 21 heavy (non-hydrogen) atoms. The van der Waals surface area contributed by atoms with Crippen molar-refractivity contribution in [1.29, 1.82) is 0 Å². The molecule has 7 heteroatoms. The first-order chi connectivity index (χ1) is 10.1. The van der Waals surface area contributed by atoms with E-state index in [9.17, 15) is 4.79 Å². The van der Waals surface area contributed by atoms with Crippen molar-refractivity contribution in [2.45, 2.75) is 18.6 Å². The van der Waals surface area contributed by atoms with Gasteiger partial charge in [0.25, 0.3) is 11.7 Å². The van der Waals surface area contributed by atoms with Crippen molar-refractivity contribution in [3.05, 3.63) is 27.7 Å². The van der Waals surface area contributed by atoms with E-state index in [2.05, 4.69) is 15.9 Å². The SMILES string of the molecule is O=C1N(CCCBr)c2c(Cl)ccc(Cl)c2C12OCCCO2. The van der Waals surface area contributed by atoms with E-state index < -0.39 is 5.79 Å². The van der Waals surface area contributed by atoms with Gasteiger partial charge in [0, 0.05) is 11.9 Å². The van der Waals surface area contributed by atoms with Gasteiger partial charge in [-0.25, -0.2) is 0 Å². The van der Waals surface area contributed by atoms with Gasteiger partial charge in [0.2, 0.25) is 0 Å². The molecule has 1 amide bonds. The van der Waals surface area contributed by atoms with Gasteiger partial charge in [0.15, 0.2) is 0 Å². The third kappa shape index (κ3) is 2.39. The molecule has 3 rings (SSSR count). The van der Waals surface area contributed by atoms with Gasteiger partial charge in [-0.1, -0.05) is 39.1 Å². The van der Waals surface area contributed by atoms with Crippen LogP contribution in [0.4, 0.5) is 5.69 Å². The second kappa shape index (κ2) is 6.05. The summed E-state index contributed by atoms with van der Waals surface area (Å²) >= 11 is 16.0. The summed E-state index contributed by atoms with van der Waals surface area (Å²) in [6.45, 7) is 1.45. The maximum Gasteiger partial charge on any atom is 0.292 e. The minimum absolute atomic E-state index is 0.242. The summed E-state index contributed by atoms with van der Waals surface area (Å²) in [6, 6.07) is 3.37. The van der Waals surface area contributed by atoms with Crippen LogP contribution in [0.3, 0.4) is 0 Å². The van der Waals surface area contributed by atoms with E-state index in [1.165, 1.54) is 0 Å². The molecule has 0 atom stereocenters. The van der Waals surface area contributed by atoms with E-state index in [1.54, 1.807) is 17.0 Å². The lowest BCUT2D eigenvalue weighted by Gasteiger charge is -2.32. The molecule has 0 saturated carbocycles. The van der Waals surface area contributed by atoms with Crippen LogP contribution in [0.2, 0.25) is 10.0 Å². The molecule has 4 nitrogen and oxygen atoms in total. The van der Waals surface area contributed by atoms with Crippen LogP contribution in [0.15, 0.2) is 12.1 Å². The third-order valence-electron chi connectivity index (χ3n) is 3.62. The Hall–Kier alpha value is -0.330. The van der Waals surface area contributed by atoms with Gasteiger partial charge in [0.05, 0.1) is 34.5 Å². The number of hydrogen-bond acceptors (Lipinski definition) is 3. The molecule has 0 aromatic heterocycles. The topological polar surface area (TPSA) is 38.8 Å². The molecule has 2 aliphatic heterocycles. The number of rotatable bonds is 3. The number of ether oxygens (including phenoxy) is 2. The van der Waals surface area contributed by atoms with Crippen molar-refractivity contribution in [2.75, 3.05) is 30.0 Å². The van der Waals surface area contributed by atoms with Crippen molar-refractivity contribution in [3.63, 3.8) is 0 Å². The predicted octanol–water partition coefficient (Wildman–Crippen LogP) is 3.71. The van der Waals surface area contributed by atoms with Crippen molar-refractivity contribution in [3.8, 4) is 0 Å². The fraction of sp³-hybridized carbons (Fsp3) is 0.500. The molecule has 0 bridgehead atoms. The average Bonchev–Trinajstić information content (AvgIpc) is 2.73. The van der Waals surface area contributed by atoms with Crippen LogP contribution < -0.4 is 4.90 Å². The highest BCUT2D eigenvalue weighted by molar-refractivity contribution is 9.09. The van der Waals surface area contributed by atoms with Gasteiger partial charge in [-0.15, -0.1) is 0 Å². The Kier molecular flexibility index (Phi) is 4.48. The van der Waals surface area contributed by atoms with E-state index in [1.807, 2.05) is 0 Å². The first-order valence-corrected chi connectivity index (χ1v) is 8.64. The molecule has 0 radical (unpaired) electrons. The molecule has 1 fully saturated rings. The maximum absolute atomic E-state index is 12.9. The summed E-state index contributed by atoms with van der Waals surface area (Å²) in [5.74, 6) is -1.67. The van der Waals surface area contributed by atoms with E-state index >= 15 is 0 Å². The van der Waals surface area contributed by atoms with E-state index in [-0.39, 0.29) is 5.91 Å². The fourth-order valence-corrected chi connectivity index (χ4v) is 3.52. The number of alkyl halides is 1. The van der Waals surface area contributed by atoms with Gasteiger partial charge in [-0.2, -0.15) is 0 Å². The monoisotopic (exact) mass is 393 g/mol. The molecule has 1 aromatic carbocycles. The molecule has 2 heterocycles. The number of amides is 1. The highest BCUT2D eigenvalue weighted by Gasteiger charge is 2.56. The molecule has 0 unspecified atom stereocenters. The van der Waals surface area contributed by atoms with Crippen LogP contribution in [-0.4, -0.2) is 31.0 Å². The number of halogens is 3. The standard InChI is InChI=1S/C14H14BrCl2NO3/c15-5-1-6-18-12-10(17)4-3-9(16)11(12)14(13(18)19)20-7-2-8-21-14/h3-4H,1-2,5-8H2. The zero-order chi connectivity index (χ0) is 15.0. The van der Waals surface area contributed by atoms with Crippen molar-refractivity contribution in [2.24, 2.45) is 0 Å². The van der Waals surface area contributed by atoms with E-state index in [0.29, 0.717) is 41.1 Å². The summed E-state index contributed by atoms with van der Waals surface area (Å²) in [5.41, 5.74) is 1.15. The maximum atomic E-state index is 12.9. The summed E-state index contributed by atoms with van der Waals surface area (Å²) in [5, 5.41) is 1.71. The summed E-state index contributed by atoms with van der Waals surface area (Å²) in [6.07, 6.45) is 1.55. The number of hydrogen-bond donors (Lipinski definition) is 0. The number of anilines is 1. The smallest absolute Gasteiger partial charge is 0.292 e. The Morgan fingerprint density at radius 3 is 2.57 bits per heavy atom. The van der Waals surface area contributed by atoms with Crippen LogP contribution in [0.25, 0.3) is 0 Å². The zero-order valence-electron chi connectivity index (χ0n) is 11.2. The first-order valence-electron chi connectivity index (χ1n) is 6.76. The van der Waals surface area contributed by atoms with Gasteiger partial charge in [-0.05, 0) is 25.0 Å². The van der Waals surface area contributed by atoms with Crippen LogP contribution in [0.1, 0.15) is 18.4 Å². The normalized spacial score (nSPS) is 20.1. The van der Waals surface area contributed by atoms with Gasteiger partial charge in [0.1, 0.15) is 0 Å². The molecule has 1 aromatic rings. The number of nitrogens with zero attached hydrogens (tertiary/aromatic N) is 1. The minimum atomic E-state index is -1.43. The minimum Gasteiger partial charge on any atom is -0.338 e. The first kappa shape index (κ1) is 15.6. The van der Waals surface area contributed by atoms with Crippen LogP contribution >= 0.6 is 39.1 Å². The molecule has 0 aliphatic carbocycles. The van der Waals surface area contributed by atoms with E-state index in [0.717, 1.165) is 18.2 Å². The third-order valence-corrected chi connectivity index (χ3v) is 4.80. The molecular weight excluding hydrogens is 381 g/mol. The van der Waals surface area contributed by atoms with Crippen molar-refractivity contribution in [1.82, 2.24) is 0 Å². The van der Waals surface area contributed by atoms with Gasteiger partial charge in [-0.3, -0.25) is 4.79 Å². The molecular formula is C14H14BrCl2NO3. The van der Waals surface area contributed by atoms with Crippen molar-refractivity contribution < 1.29 is 14.3 Å². The number of carbonyl (C=O) groups excluding carboxylic acids is 1. The number of carbonyl (C=O) groups is 1. The largest absolute Gasteiger partial charge is 0.338 e. The number of benzene rings is 1. The van der Waals surface area contributed by atoms with Crippen molar-refractivity contribution >= 4 is 50.7 Å². The quantitative estimate of drug-likeness (QED) is 0.733. The highest BCUT2D eigenvalue weighted by atomic mass is 79.9. The zero-order valence-corrected chi connectivity index (χ0v) is 14.3. The van der Waals surface area contributed by atoms with E-state index in [4.69, 9.17) is 32.7 Å². The van der Waals surface area contributed by atoms with Gasteiger partial charge < -0.3 is 14.4 Å². The summed E-state index contributed by atoms with van der Waals surface area (Å²) in [7, 11) is 0. The second-order valence-electron chi connectivity index (χ2n) is 4.92. The summed E-state index contributed by atoms with van der Waals surface area (Å²) < 4.78 is 11.5. The lowest BCUT2D eigenvalue weighted by molar-refractivity contribution is -0.256. The lowest BCUT2D eigenvalue weighted by Crippen LogP contribution is -2.47. The Morgan fingerprint density at radius 1 is 1.24 bits per heavy atom. The Labute approximate surface area is 141 Å². The molecule has 2 aliphatic rings.